The van der Waals surface area contributed by atoms with E-state index in [0.29, 0.717) is 12.4 Å². The lowest BCUT2D eigenvalue weighted by molar-refractivity contribution is -0.119. The van der Waals surface area contributed by atoms with Crippen molar-refractivity contribution in [2.75, 3.05) is 19.6 Å². The Morgan fingerprint density at radius 2 is 1.94 bits per heavy atom. The van der Waals surface area contributed by atoms with Gasteiger partial charge in [-0.05, 0) is 26.2 Å². The Kier molecular flexibility index (Phi) is 5.45. The van der Waals surface area contributed by atoms with Crippen LogP contribution in [0.25, 0.3) is 0 Å². The van der Waals surface area contributed by atoms with Crippen LogP contribution in [-0.2, 0) is 4.79 Å². The fraction of sp³-hybridized carbons (Fsp3) is 0.727. The lowest BCUT2D eigenvalue weighted by Crippen LogP contribution is -2.39. The summed E-state index contributed by atoms with van der Waals surface area (Å²) in [4.78, 5) is 28.1. The molecule has 1 aliphatic rings. The Labute approximate surface area is 101 Å². The van der Waals surface area contributed by atoms with Crippen molar-refractivity contribution in [1.29, 1.82) is 0 Å². The summed E-state index contributed by atoms with van der Waals surface area (Å²) in [6.45, 7) is 4.10. The second kappa shape index (κ2) is 6.88. The van der Waals surface area contributed by atoms with E-state index < -0.39 is 6.03 Å². The van der Waals surface area contributed by atoms with Crippen LogP contribution in [0.4, 0.5) is 4.79 Å². The Morgan fingerprint density at radius 1 is 1.29 bits per heavy atom. The van der Waals surface area contributed by atoms with Crippen molar-refractivity contribution < 1.29 is 9.59 Å². The Hall–Kier alpha value is -1.59. The third-order valence-electron chi connectivity index (χ3n) is 2.65. The van der Waals surface area contributed by atoms with Crippen molar-refractivity contribution in [3.63, 3.8) is 0 Å². The van der Waals surface area contributed by atoms with Gasteiger partial charge in [-0.15, -0.1) is 0 Å². The molecule has 1 aliphatic heterocycles. The van der Waals surface area contributed by atoms with Gasteiger partial charge in [0.25, 0.3) is 0 Å². The summed E-state index contributed by atoms with van der Waals surface area (Å²) >= 11 is 0. The first-order chi connectivity index (χ1) is 8.13. The van der Waals surface area contributed by atoms with Crippen LogP contribution in [0, 0.1) is 0 Å². The van der Waals surface area contributed by atoms with Crippen LogP contribution in [0.5, 0.6) is 0 Å². The smallest absolute Gasteiger partial charge is 0.340 e. The number of piperidine rings is 1. The number of amides is 3. The molecule has 17 heavy (non-hydrogen) atoms. The predicted molar refractivity (Wildman–Crippen MR) is 65.7 cm³/mol. The summed E-state index contributed by atoms with van der Waals surface area (Å²) in [6.07, 6.45) is 3.43. The van der Waals surface area contributed by atoms with Gasteiger partial charge in [-0.25, -0.2) is 4.79 Å². The van der Waals surface area contributed by atoms with Crippen molar-refractivity contribution in [2.24, 2.45) is 10.7 Å². The zero-order valence-electron chi connectivity index (χ0n) is 10.2. The fourth-order valence-corrected chi connectivity index (χ4v) is 1.90. The lowest BCUT2D eigenvalue weighted by atomic mass is 10.1. The van der Waals surface area contributed by atoms with Crippen LogP contribution in [0.15, 0.2) is 4.99 Å². The van der Waals surface area contributed by atoms with Crippen LogP contribution in [0.1, 0.15) is 32.6 Å². The molecule has 6 heteroatoms. The van der Waals surface area contributed by atoms with Crippen molar-refractivity contribution in [1.82, 2.24) is 10.2 Å². The van der Waals surface area contributed by atoms with Crippen molar-refractivity contribution >= 4 is 17.8 Å². The number of rotatable bonds is 3. The maximum absolute atomic E-state index is 11.5. The average Bonchev–Trinajstić information content (AvgIpc) is 2.29. The van der Waals surface area contributed by atoms with Gasteiger partial charge >= 0.3 is 6.03 Å². The van der Waals surface area contributed by atoms with E-state index in [-0.39, 0.29) is 12.3 Å². The number of hydrogen-bond donors (Lipinski definition) is 2. The molecule has 3 amide bonds. The first-order valence-corrected chi connectivity index (χ1v) is 6.02. The first-order valence-electron chi connectivity index (χ1n) is 6.02. The molecular formula is C11H20N4O2. The summed E-state index contributed by atoms with van der Waals surface area (Å²) in [6, 6.07) is -0.741. The Balaban J connectivity index is 2.66. The molecule has 3 N–H and O–H groups in total. The monoisotopic (exact) mass is 240 g/mol. The van der Waals surface area contributed by atoms with Crippen LogP contribution in [-0.4, -0.2) is 42.3 Å². The standard InChI is InChI=1S/C11H20N4O2/c1-2-13-10(16)8-9(14-11(12)17)15-6-4-3-5-7-15/h2-8H2,1H3,(H2,12,17)(H,13,16). The maximum Gasteiger partial charge on any atom is 0.340 e. The summed E-state index contributed by atoms with van der Waals surface area (Å²) in [5.74, 6) is 0.362. The molecule has 0 unspecified atom stereocenters. The number of likely N-dealkylation sites (tertiary alicyclic amines) is 1. The maximum atomic E-state index is 11.5. The number of hydrogen-bond acceptors (Lipinski definition) is 2. The molecular weight excluding hydrogens is 220 g/mol. The summed E-state index contributed by atoms with van der Waals surface area (Å²) in [7, 11) is 0. The molecule has 0 aromatic heterocycles. The van der Waals surface area contributed by atoms with E-state index >= 15 is 0 Å². The molecule has 0 aromatic carbocycles. The van der Waals surface area contributed by atoms with Gasteiger partial charge in [0.2, 0.25) is 5.91 Å². The number of amidine groups is 1. The van der Waals surface area contributed by atoms with E-state index in [9.17, 15) is 9.59 Å². The number of urea groups is 1. The average molecular weight is 240 g/mol. The number of aliphatic imine (C=N–C) groups is 1. The molecule has 0 aromatic rings. The third-order valence-corrected chi connectivity index (χ3v) is 2.65. The zero-order chi connectivity index (χ0) is 12.7. The quantitative estimate of drug-likeness (QED) is 0.555. The van der Waals surface area contributed by atoms with Gasteiger partial charge in [-0.3, -0.25) is 4.79 Å². The summed E-state index contributed by atoms with van der Waals surface area (Å²) < 4.78 is 0. The molecule has 1 heterocycles. The lowest BCUT2D eigenvalue weighted by Gasteiger charge is -2.29. The minimum absolute atomic E-state index is 0.122. The minimum Gasteiger partial charge on any atom is -0.359 e. The minimum atomic E-state index is -0.741. The highest BCUT2D eigenvalue weighted by atomic mass is 16.2. The van der Waals surface area contributed by atoms with Crippen LogP contribution in [0.3, 0.4) is 0 Å². The molecule has 6 nitrogen and oxygen atoms in total. The second-order valence-corrected chi connectivity index (χ2v) is 4.04. The number of carbonyl (C=O) groups is 2. The number of carbonyl (C=O) groups excluding carboxylic acids is 2. The largest absolute Gasteiger partial charge is 0.359 e. The van der Waals surface area contributed by atoms with E-state index in [1.54, 1.807) is 0 Å². The first kappa shape index (κ1) is 13.5. The Bertz CT molecular complexity index is 309. The Morgan fingerprint density at radius 3 is 2.47 bits per heavy atom. The van der Waals surface area contributed by atoms with Crippen molar-refractivity contribution in [2.45, 2.75) is 32.6 Å². The normalized spacial score (nSPS) is 16.8. The summed E-state index contributed by atoms with van der Waals surface area (Å²) in [5.41, 5.74) is 5.06. The van der Waals surface area contributed by atoms with Crippen LogP contribution in [0.2, 0.25) is 0 Å². The highest BCUT2D eigenvalue weighted by Crippen LogP contribution is 2.11. The van der Waals surface area contributed by atoms with Gasteiger partial charge < -0.3 is 16.0 Å². The van der Waals surface area contributed by atoms with Gasteiger partial charge in [-0.2, -0.15) is 4.99 Å². The van der Waals surface area contributed by atoms with Crippen LogP contribution < -0.4 is 11.1 Å². The fourth-order valence-electron chi connectivity index (χ4n) is 1.90. The number of nitrogens with two attached hydrogens (primary N) is 1. The molecule has 0 saturated carbocycles. The highest BCUT2D eigenvalue weighted by molar-refractivity contribution is 6.03. The molecule has 96 valence electrons. The van der Waals surface area contributed by atoms with E-state index in [4.69, 9.17) is 5.73 Å². The molecule has 0 spiro atoms. The topological polar surface area (TPSA) is 87.8 Å². The van der Waals surface area contributed by atoms with Gasteiger partial charge in [0, 0.05) is 19.6 Å². The second-order valence-electron chi connectivity index (χ2n) is 4.04. The van der Waals surface area contributed by atoms with Crippen LogP contribution >= 0.6 is 0 Å². The van der Waals surface area contributed by atoms with E-state index in [0.717, 1.165) is 25.9 Å². The van der Waals surface area contributed by atoms with Gasteiger partial charge in [0.15, 0.2) is 0 Å². The molecule has 0 atom stereocenters. The highest BCUT2D eigenvalue weighted by Gasteiger charge is 2.18. The summed E-state index contributed by atoms with van der Waals surface area (Å²) in [5, 5.41) is 2.69. The van der Waals surface area contributed by atoms with Crippen molar-refractivity contribution in [3.8, 4) is 0 Å². The van der Waals surface area contributed by atoms with Gasteiger partial charge in [0.05, 0.1) is 6.42 Å². The number of primary amides is 1. The van der Waals surface area contributed by atoms with Crippen molar-refractivity contribution in [3.05, 3.63) is 0 Å². The SMILES string of the molecule is CCNC(=O)CC(=NC(N)=O)N1CCCCC1. The van der Waals surface area contributed by atoms with E-state index in [1.807, 2.05) is 11.8 Å². The molecule has 0 aliphatic carbocycles. The number of nitrogens with zero attached hydrogens (tertiary/aromatic N) is 2. The predicted octanol–water partition coefficient (Wildman–Crippen LogP) is 0.476. The molecule has 1 rings (SSSR count). The van der Waals surface area contributed by atoms with E-state index in [2.05, 4.69) is 10.3 Å². The van der Waals surface area contributed by atoms with Gasteiger partial charge in [0.1, 0.15) is 5.84 Å². The van der Waals surface area contributed by atoms with E-state index in [1.165, 1.54) is 6.42 Å². The zero-order valence-corrected chi connectivity index (χ0v) is 10.2. The molecule has 0 bridgehead atoms. The number of nitrogens with one attached hydrogen (secondary N) is 1. The van der Waals surface area contributed by atoms with Gasteiger partial charge in [-0.1, -0.05) is 0 Å². The molecule has 1 saturated heterocycles. The molecule has 0 radical (unpaired) electrons. The third kappa shape index (κ3) is 4.84. The molecule has 1 fully saturated rings.